The number of amides is 2. The summed E-state index contributed by atoms with van der Waals surface area (Å²) in [4.78, 5) is 34.0. The molecule has 0 unspecified atom stereocenters. The van der Waals surface area contributed by atoms with Crippen molar-refractivity contribution in [2.45, 2.75) is 44.6 Å². The molecule has 2 heterocycles. The highest BCUT2D eigenvalue weighted by molar-refractivity contribution is 5.92. The van der Waals surface area contributed by atoms with Crippen LogP contribution in [0.5, 0.6) is 0 Å². The Kier molecular flexibility index (Phi) is 5.74. The van der Waals surface area contributed by atoms with Crippen LogP contribution in [0.25, 0.3) is 0 Å². The van der Waals surface area contributed by atoms with Crippen molar-refractivity contribution in [3.8, 4) is 0 Å². The second-order valence-electron chi connectivity index (χ2n) is 6.63. The Labute approximate surface area is 142 Å². The average molecular weight is 331 g/mol. The third-order valence-corrected chi connectivity index (χ3v) is 4.93. The van der Waals surface area contributed by atoms with Gasteiger partial charge in [0.2, 0.25) is 11.8 Å². The van der Waals surface area contributed by atoms with Crippen molar-refractivity contribution in [3.05, 3.63) is 18.7 Å². The first-order valence-electron chi connectivity index (χ1n) is 8.79. The molecule has 130 valence electrons. The molecule has 2 amide bonds. The Morgan fingerprint density at radius 1 is 1.08 bits per heavy atom. The molecule has 24 heavy (non-hydrogen) atoms. The zero-order valence-electron chi connectivity index (χ0n) is 13.9. The van der Waals surface area contributed by atoms with Gasteiger partial charge in [0.05, 0.1) is 24.6 Å². The second kappa shape index (κ2) is 8.19. The molecule has 0 radical (unpaired) electrons. The van der Waals surface area contributed by atoms with E-state index in [0.29, 0.717) is 18.3 Å². The lowest BCUT2D eigenvalue weighted by Crippen LogP contribution is -2.42. The van der Waals surface area contributed by atoms with Crippen LogP contribution in [0.2, 0.25) is 0 Å². The zero-order chi connectivity index (χ0) is 16.8. The predicted octanol–water partition coefficient (Wildman–Crippen LogP) is 1.19. The molecule has 2 N–H and O–H groups in total. The van der Waals surface area contributed by atoms with Crippen LogP contribution >= 0.6 is 0 Å². The normalized spacial score (nSPS) is 23.9. The van der Waals surface area contributed by atoms with Crippen molar-refractivity contribution in [2.24, 2.45) is 5.92 Å². The molecule has 2 aliphatic rings. The first-order chi connectivity index (χ1) is 11.7. The number of rotatable bonds is 5. The average Bonchev–Trinajstić information content (AvgIpc) is 3.16. The van der Waals surface area contributed by atoms with Gasteiger partial charge in [-0.2, -0.15) is 0 Å². The van der Waals surface area contributed by atoms with Gasteiger partial charge in [-0.05, 0) is 38.5 Å². The van der Waals surface area contributed by atoms with Gasteiger partial charge in [0.15, 0.2) is 0 Å². The fraction of sp³-hybridized carbons (Fsp3) is 0.647. The maximum atomic E-state index is 12.3. The van der Waals surface area contributed by atoms with Crippen LogP contribution in [0.15, 0.2) is 18.7 Å². The Balaban J connectivity index is 1.37. The third kappa shape index (κ3) is 4.50. The van der Waals surface area contributed by atoms with Crippen LogP contribution in [0.1, 0.15) is 38.5 Å². The van der Waals surface area contributed by atoms with Crippen molar-refractivity contribution in [1.82, 2.24) is 20.2 Å². The third-order valence-electron chi connectivity index (χ3n) is 4.93. The van der Waals surface area contributed by atoms with Crippen LogP contribution in [0.4, 0.5) is 5.69 Å². The van der Waals surface area contributed by atoms with Crippen LogP contribution in [0, 0.1) is 5.92 Å². The minimum absolute atomic E-state index is 0.0255. The highest BCUT2D eigenvalue weighted by atomic mass is 16.2. The summed E-state index contributed by atoms with van der Waals surface area (Å²) in [6.07, 6.45) is 10.4. The summed E-state index contributed by atoms with van der Waals surface area (Å²) in [6, 6.07) is 0.334. The standard InChI is InChI=1S/C17H25N5O2/c23-16(22-7-1-2-8-22)11-20-14-5-3-13(4-6-14)17(24)21-15-9-18-12-19-10-15/h9-10,12-14,20H,1-8,11H2,(H,21,24). The molecular weight excluding hydrogens is 306 g/mol. The van der Waals surface area contributed by atoms with Crippen molar-refractivity contribution >= 4 is 17.5 Å². The lowest BCUT2D eigenvalue weighted by Gasteiger charge is -2.29. The van der Waals surface area contributed by atoms with Gasteiger partial charge in [0.25, 0.3) is 0 Å². The highest BCUT2D eigenvalue weighted by Gasteiger charge is 2.27. The molecule has 0 spiro atoms. The number of carbonyl (C=O) groups excluding carboxylic acids is 2. The number of nitrogens with one attached hydrogen (secondary N) is 2. The molecule has 1 aromatic heterocycles. The molecule has 1 saturated carbocycles. The van der Waals surface area contributed by atoms with Gasteiger partial charge in [-0.15, -0.1) is 0 Å². The molecule has 0 aromatic carbocycles. The van der Waals surface area contributed by atoms with Crippen LogP contribution in [-0.4, -0.2) is 52.4 Å². The number of carbonyl (C=O) groups is 2. The summed E-state index contributed by atoms with van der Waals surface area (Å²) in [6.45, 7) is 2.22. The number of likely N-dealkylation sites (tertiary alicyclic amines) is 1. The Hall–Kier alpha value is -2.02. The SMILES string of the molecule is O=C(Nc1cncnc1)C1CCC(NCC(=O)N2CCCC2)CC1. The maximum Gasteiger partial charge on any atom is 0.236 e. The summed E-state index contributed by atoms with van der Waals surface area (Å²) < 4.78 is 0. The molecule has 7 heteroatoms. The largest absolute Gasteiger partial charge is 0.342 e. The second-order valence-corrected chi connectivity index (χ2v) is 6.63. The van der Waals surface area contributed by atoms with Crippen LogP contribution in [0.3, 0.4) is 0 Å². The number of hydrogen-bond donors (Lipinski definition) is 2. The van der Waals surface area contributed by atoms with E-state index in [1.165, 1.54) is 6.33 Å². The summed E-state index contributed by atoms with van der Waals surface area (Å²) in [5.41, 5.74) is 0.638. The molecular formula is C17H25N5O2. The van der Waals surface area contributed by atoms with Crippen molar-refractivity contribution in [1.29, 1.82) is 0 Å². The maximum absolute atomic E-state index is 12.3. The fourth-order valence-electron chi connectivity index (χ4n) is 3.48. The first-order valence-corrected chi connectivity index (χ1v) is 8.79. The van der Waals surface area contributed by atoms with Gasteiger partial charge < -0.3 is 15.5 Å². The minimum Gasteiger partial charge on any atom is -0.342 e. The van der Waals surface area contributed by atoms with Gasteiger partial charge >= 0.3 is 0 Å². The van der Waals surface area contributed by atoms with Crippen LogP contribution in [-0.2, 0) is 9.59 Å². The summed E-state index contributed by atoms with van der Waals surface area (Å²) in [7, 11) is 0. The van der Waals surface area contributed by atoms with Gasteiger partial charge in [0, 0.05) is 25.0 Å². The van der Waals surface area contributed by atoms with Crippen molar-refractivity contribution < 1.29 is 9.59 Å². The molecule has 1 aromatic rings. The van der Waals surface area contributed by atoms with E-state index < -0.39 is 0 Å². The zero-order valence-corrected chi connectivity index (χ0v) is 13.9. The number of aromatic nitrogens is 2. The van der Waals surface area contributed by atoms with Crippen molar-refractivity contribution in [3.63, 3.8) is 0 Å². The van der Waals surface area contributed by atoms with E-state index in [1.807, 2.05) is 4.90 Å². The van der Waals surface area contributed by atoms with Crippen molar-refractivity contribution in [2.75, 3.05) is 25.0 Å². The topological polar surface area (TPSA) is 87.2 Å². The molecule has 1 aliphatic heterocycles. The van der Waals surface area contributed by atoms with Gasteiger partial charge in [-0.25, -0.2) is 9.97 Å². The number of nitrogens with zero attached hydrogens (tertiary/aromatic N) is 3. The Morgan fingerprint density at radius 3 is 2.42 bits per heavy atom. The van der Waals surface area contributed by atoms with E-state index in [9.17, 15) is 9.59 Å². The minimum atomic E-state index is 0.0255. The molecule has 3 rings (SSSR count). The molecule has 1 saturated heterocycles. The molecule has 1 aliphatic carbocycles. The molecule has 2 fully saturated rings. The van der Waals surface area contributed by atoms with E-state index in [4.69, 9.17) is 0 Å². The quantitative estimate of drug-likeness (QED) is 0.846. The number of hydrogen-bond acceptors (Lipinski definition) is 5. The van der Waals surface area contributed by atoms with E-state index in [0.717, 1.165) is 51.6 Å². The fourth-order valence-corrected chi connectivity index (χ4v) is 3.48. The van der Waals surface area contributed by atoms with E-state index in [1.54, 1.807) is 12.4 Å². The van der Waals surface area contributed by atoms with Gasteiger partial charge in [0.1, 0.15) is 6.33 Å². The lowest BCUT2D eigenvalue weighted by molar-refractivity contribution is -0.129. The van der Waals surface area contributed by atoms with E-state index >= 15 is 0 Å². The summed E-state index contributed by atoms with van der Waals surface area (Å²) in [5, 5.41) is 6.23. The Morgan fingerprint density at radius 2 is 1.75 bits per heavy atom. The number of anilines is 1. The molecule has 0 atom stereocenters. The Bertz CT molecular complexity index is 551. The lowest BCUT2D eigenvalue weighted by atomic mass is 9.85. The molecule has 7 nitrogen and oxygen atoms in total. The van der Waals surface area contributed by atoms with Gasteiger partial charge in [-0.1, -0.05) is 0 Å². The van der Waals surface area contributed by atoms with Crippen LogP contribution < -0.4 is 10.6 Å². The van der Waals surface area contributed by atoms with E-state index in [2.05, 4.69) is 20.6 Å². The highest BCUT2D eigenvalue weighted by Crippen LogP contribution is 2.25. The predicted molar refractivity (Wildman–Crippen MR) is 90.2 cm³/mol. The summed E-state index contributed by atoms with van der Waals surface area (Å²) in [5.74, 6) is 0.269. The summed E-state index contributed by atoms with van der Waals surface area (Å²) >= 11 is 0. The molecule has 0 bridgehead atoms. The monoisotopic (exact) mass is 331 g/mol. The van der Waals surface area contributed by atoms with E-state index in [-0.39, 0.29) is 17.7 Å². The smallest absolute Gasteiger partial charge is 0.236 e. The van der Waals surface area contributed by atoms with Gasteiger partial charge in [-0.3, -0.25) is 9.59 Å². The first kappa shape index (κ1) is 16.8.